The van der Waals surface area contributed by atoms with E-state index in [1.165, 1.54) is 22.7 Å². The number of aromatic nitrogens is 4. The molecule has 2 atom stereocenters. The van der Waals surface area contributed by atoms with Crippen LogP contribution >= 0.6 is 11.6 Å². The number of fused-ring (bicyclic) bond motifs is 1. The van der Waals surface area contributed by atoms with Gasteiger partial charge in [-0.15, -0.1) is 5.10 Å². The Labute approximate surface area is 223 Å². The summed E-state index contributed by atoms with van der Waals surface area (Å²) in [4.78, 5) is 24.0. The van der Waals surface area contributed by atoms with E-state index in [9.17, 15) is 20.4 Å². The molecule has 0 unspecified atom stereocenters. The average Bonchev–Trinajstić information content (AvgIpc) is 3.64. The molecular weight excluding hydrogens is 512 g/mol. The van der Waals surface area contributed by atoms with Gasteiger partial charge in [-0.05, 0) is 31.4 Å². The molecule has 2 fully saturated rings. The fraction of sp³-hybridized carbons (Fsp3) is 0.417. The topological polar surface area (TPSA) is 168 Å². The van der Waals surface area contributed by atoms with Crippen LogP contribution in [-0.4, -0.2) is 81.1 Å². The summed E-state index contributed by atoms with van der Waals surface area (Å²) in [6.45, 7) is 0.675. The van der Waals surface area contributed by atoms with Crippen molar-refractivity contribution in [2.75, 3.05) is 42.8 Å². The molecule has 13 nitrogen and oxygen atoms in total. The van der Waals surface area contributed by atoms with Gasteiger partial charge in [0.2, 0.25) is 5.95 Å². The summed E-state index contributed by atoms with van der Waals surface area (Å²) in [7, 11) is 2.88. The molecule has 38 heavy (non-hydrogen) atoms. The number of carbonyl (C=O) groups excluding carboxylic acids is 1. The third kappa shape index (κ3) is 4.81. The summed E-state index contributed by atoms with van der Waals surface area (Å²) in [5, 5.41) is 41.1. The van der Waals surface area contributed by atoms with Gasteiger partial charge in [0.05, 0.1) is 53.5 Å². The van der Waals surface area contributed by atoms with Crippen LogP contribution in [0.25, 0.3) is 5.65 Å². The Morgan fingerprint density at radius 1 is 1.29 bits per heavy atom. The van der Waals surface area contributed by atoms with Gasteiger partial charge in [-0.3, -0.25) is 0 Å². The van der Waals surface area contributed by atoms with Crippen LogP contribution in [0.4, 0.5) is 27.9 Å². The standard InChI is InChI=1S/C24H25ClN10O3/c1-33(24(37)38-2)17-5-6-34(12-19(17)36)18-8-13(9-26)7-16(20(18)25)30-23-31-21(29-14-3-4-14)22-28-11-15(10-27)35(22)32-23/h7-8,11,14,17,19,36H,3-6,12H2,1-2H3,(H2,29,30,31,32)/t17-,19-/m1/s1. The van der Waals surface area contributed by atoms with E-state index >= 15 is 0 Å². The Morgan fingerprint density at radius 2 is 2.08 bits per heavy atom. The number of amides is 1. The number of anilines is 4. The number of nitrogens with one attached hydrogen (secondary N) is 2. The first-order valence-electron chi connectivity index (χ1n) is 12.0. The van der Waals surface area contributed by atoms with Crippen molar-refractivity contribution in [3.8, 4) is 12.1 Å². The number of β-amino-alcohol motifs (C(OH)–C–C–N with tert-alkyl or cyclic N) is 1. The molecule has 0 spiro atoms. The molecular formula is C24H25ClN10O3. The zero-order valence-corrected chi connectivity index (χ0v) is 21.5. The number of aliphatic hydroxyl groups excluding tert-OH is 1. The Morgan fingerprint density at radius 3 is 2.74 bits per heavy atom. The Balaban J connectivity index is 1.45. The number of methoxy groups -OCH3 is 1. The number of aliphatic hydroxyl groups is 1. The average molecular weight is 537 g/mol. The summed E-state index contributed by atoms with van der Waals surface area (Å²) in [6, 6.07) is 7.31. The Kier molecular flexibility index (Phi) is 6.80. The number of nitriles is 2. The number of hydrogen-bond donors (Lipinski definition) is 3. The van der Waals surface area contributed by atoms with Crippen LogP contribution in [0.5, 0.6) is 0 Å². The summed E-state index contributed by atoms with van der Waals surface area (Å²) in [5.41, 5.74) is 1.96. The number of ether oxygens (including phenoxy) is 1. The SMILES string of the molecule is COC(=O)N(C)[C@@H]1CCN(c2cc(C#N)cc(Nc3nc(NC4CC4)c4ncc(C#N)n4n3)c2Cl)C[C@H]1O. The molecule has 2 aromatic heterocycles. The van der Waals surface area contributed by atoms with Gasteiger partial charge in [0.25, 0.3) is 0 Å². The molecule has 1 aliphatic heterocycles. The summed E-state index contributed by atoms with van der Waals surface area (Å²) < 4.78 is 6.18. The summed E-state index contributed by atoms with van der Waals surface area (Å²) in [5.74, 6) is 0.649. The minimum Gasteiger partial charge on any atom is -0.453 e. The van der Waals surface area contributed by atoms with E-state index in [4.69, 9.17) is 16.3 Å². The Bertz CT molecular complexity index is 1470. The van der Waals surface area contributed by atoms with Gasteiger partial charge >= 0.3 is 6.09 Å². The van der Waals surface area contributed by atoms with Crippen molar-refractivity contribution in [1.82, 2.24) is 24.5 Å². The van der Waals surface area contributed by atoms with Crippen LogP contribution in [0.1, 0.15) is 30.5 Å². The number of piperidine rings is 1. The second-order valence-corrected chi connectivity index (χ2v) is 9.62. The second kappa shape index (κ2) is 10.2. The van der Waals surface area contributed by atoms with Crippen molar-refractivity contribution >= 4 is 46.5 Å². The van der Waals surface area contributed by atoms with Crippen LogP contribution in [0.2, 0.25) is 5.02 Å². The van der Waals surface area contributed by atoms with Crippen molar-refractivity contribution in [3.63, 3.8) is 0 Å². The molecule has 1 aromatic carbocycles. The highest BCUT2D eigenvalue weighted by molar-refractivity contribution is 6.36. The van der Waals surface area contributed by atoms with Crippen LogP contribution in [-0.2, 0) is 4.74 Å². The highest BCUT2D eigenvalue weighted by Crippen LogP contribution is 2.37. The second-order valence-electron chi connectivity index (χ2n) is 9.24. The fourth-order valence-corrected chi connectivity index (χ4v) is 4.79. The zero-order valence-electron chi connectivity index (χ0n) is 20.7. The van der Waals surface area contributed by atoms with Gasteiger partial charge in [-0.1, -0.05) is 11.6 Å². The third-order valence-corrected chi connectivity index (χ3v) is 7.07. The van der Waals surface area contributed by atoms with Gasteiger partial charge in [0, 0.05) is 26.2 Å². The smallest absolute Gasteiger partial charge is 0.409 e. The van der Waals surface area contributed by atoms with Crippen LogP contribution in [0.3, 0.4) is 0 Å². The number of hydrogen-bond acceptors (Lipinski definition) is 11. The van der Waals surface area contributed by atoms with Crippen molar-refractivity contribution < 1.29 is 14.6 Å². The number of nitrogens with zero attached hydrogens (tertiary/aromatic N) is 8. The van der Waals surface area contributed by atoms with E-state index < -0.39 is 18.2 Å². The molecule has 14 heteroatoms. The lowest BCUT2D eigenvalue weighted by Crippen LogP contribution is -2.54. The predicted octanol–water partition coefficient (Wildman–Crippen LogP) is 2.48. The first-order valence-corrected chi connectivity index (χ1v) is 12.4. The van der Waals surface area contributed by atoms with E-state index in [2.05, 4.69) is 37.8 Å². The summed E-state index contributed by atoms with van der Waals surface area (Å²) in [6.07, 6.45) is 2.54. The van der Waals surface area contributed by atoms with E-state index in [1.54, 1.807) is 19.2 Å². The van der Waals surface area contributed by atoms with E-state index in [1.807, 2.05) is 4.90 Å². The zero-order chi connectivity index (χ0) is 27.0. The third-order valence-electron chi connectivity index (χ3n) is 6.67. The molecule has 3 N–H and O–H groups in total. The van der Waals surface area contributed by atoms with E-state index in [0.29, 0.717) is 46.4 Å². The maximum absolute atomic E-state index is 11.9. The lowest BCUT2D eigenvalue weighted by atomic mass is 9.99. The van der Waals surface area contributed by atoms with Crippen molar-refractivity contribution in [1.29, 1.82) is 10.5 Å². The van der Waals surface area contributed by atoms with Gasteiger partial charge in [-0.2, -0.15) is 20.0 Å². The normalized spacial score (nSPS) is 18.9. The monoisotopic (exact) mass is 536 g/mol. The number of carbonyl (C=O) groups is 1. The maximum Gasteiger partial charge on any atom is 0.409 e. The van der Waals surface area contributed by atoms with Gasteiger partial charge in [0.15, 0.2) is 17.2 Å². The van der Waals surface area contributed by atoms with Crippen LogP contribution < -0.4 is 15.5 Å². The number of likely N-dealkylation sites (N-methyl/N-ethyl adjacent to an activating group) is 1. The highest BCUT2D eigenvalue weighted by atomic mass is 35.5. The number of benzene rings is 1. The minimum atomic E-state index is -0.862. The largest absolute Gasteiger partial charge is 0.453 e. The summed E-state index contributed by atoms with van der Waals surface area (Å²) >= 11 is 6.81. The molecule has 0 radical (unpaired) electrons. The molecule has 1 saturated carbocycles. The quantitative estimate of drug-likeness (QED) is 0.423. The number of halogens is 1. The molecule has 1 saturated heterocycles. The molecule has 2 aliphatic rings. The molecule has 196 valence electrons. The molecule has 5 rings (SSSR count). The fourth-order valence-electron chi connectivity index (χ4n) is 4.51. The lowest BCUT2D eigenvalue weighted by Gasteiger charge is -2.41. The predicted molar refractivity (Wildman–Crippen MR) is 138 cm³/mol. The first-order chi connectivity index (χ1) is 18.3. The van der Waals surface area contributed by atoms with Crippen molar-refractivity contribution in [3.05, 3.63) is 34.6 Å². The lowest BCUT2D eigenvalue weighted by molar-refractivity contribution is 0.0434. The first kappa shape index (κ1) is 25.3. The minimum absolute atomic E-state index is 0.163. The highest BCUT2D eigenvalue weighted by Gasteiger charge is 2.34. The van der Waals surface area contributed by atoms with Crippen molar-refractivity contribution in [2.45, 2.75) is 37.5 Å². The molecule has 1 amide bonds. The molecule has 3 aromatic rings. The molecule has 0 bridgehead atoms. The molecule has 3 heterocycles. The molecule has 1 aliphatic carbocycles. The van der Waals surface area contributed by atoms with E-state index in [-0.39, 0.29) is 24.2 Å². The maximum atomic E-state index is 11.9. The van der Waals surface area contributed by atoms with Crippen molar-refractivity contribution in [2.24, 2.45) is 0 Å². The number of imidazole rings is 1. The van der Waals surface area contributed by atoms with Gasteiger partial charge in [0.1, 0.15) is 6.07 Å². The number of rotatable bonds is 6. The van der Waals surface area contributed by atoms with Gasteiger partial charge in [-0.25, -0.2) is 9.78 Å². The van der Waals surface area contributed by atoms with E-state index in [0.717, 1.165) is 12.8 Å². The van der Waals surface area contributed by atoms with Crippen LogP contribution in [0, 0.1) is 22.7 Å². The van der Waals surface area contributed by atoms with Gasteiger partial charge < -0.3 is 30.3 Å². The Hall–Kier alpha value is -4.33. The van der Waals surface area contributed by atoms with Crippen LogP contribution in [0.15, 0.2) is 18.3 Å².